The van der Waals surface area contributed by atoms with Crippen LogP contribution in [0.2, 0.25) is 0 Å². The topological polar surface area (TPSA) is 129 Å². The molecule has 0 fully saturated rings. The van der Waals surface area contributed by atoms with Crippen molar-refractivity contribution in [3.8, 4) is 17.2 Å². The van der Waals surface area contributed by atoms with Crippen molar-refractivity contribution >= 4 is 27.6 Å². The lowest BCUT2D eigenvalue weighted by atomic mass is 10.1. The van der Waals surface area contributed by atoms with Crippen LogP contribution in [0.1, 0.15) is 21.5 Å². The molecule has 202 valence electrons. The largest absolute Gasteiger partial charge is 0.496 e. The van der Waals surface area contributed by atoms with Gasteiger partial charge in [0.05, 0.1) is 44.6 Å². The highest BCUT2D eigenvalue weighted by molar-refractivity contribution is 7.89. The van der Waals surface area contributed by atoms with Gasteiger partial charge in [0.15, 0.2) is 11.5 Å². The summed E-state index contributed by atoms with van der Waals surface area (Å²) in [5.41, 5.74) is 1.41. The van der Waals surface area contributed by atoms with Crippen molar-refractivity contribution in [1.82, 2.24) is 4.72 Å². The van der Waals surface area contributed by atoms with Gasteiger partial charge in [0, 0.05) is 12.1 Å². The molecule has 2 N–H and O–H groups in total. The Morgan fingerprint density at radius 2 is 1.47 bits per heavy atom. The first-order valence-electron chi connectivity index (χ1n) is 11.5. The number of benzene rings is 3. The second-order valence-corrected chi connectivity index (χ2v) is 9.94. The first kappa shape index (κ1) is 28.5. The number of anilines is 1. The molecule has 0 unspecified atom stereocenters. The zero-order valence-corrected chi connectivity index (χ0v) is 22.5. The van der Waals surface area contributed by atoms with Crippen LogP contribution in [0.3, 0.4) is 0 Å². The van der Waals surface area contributed by atoms with Crippen LogP contribution in [-0.4, -0.2) is 54.8 Å². The van der Waals surface area contributed by atoms with E-state index in [-0.39, 0.29) is 34.1 Å². The van der Waals surface area contributed by atoms with Crippen molar-refractivity contribution in [3.63, 3.8) is 0 Å². The molecule has 0 aliphatic carbocycles. The Kier molecular flexibility index (Phi) is 9.32. The van der Waals surface area contributed by atoms with E-state index in [1.807, 2.05) is 6.07 Å². The number of ether oxygens (including phenoxy) is 4. The lowest BCUT2D eigenvalue weighted by molar-refractivity contribution is -0.117. The van der Waals surface area contributed by atoms with Crippen molar-refractivity contribution < 1.29 is 37.0 Å². The quantitative estimate of drug-likeness (QED) is 0.353. The van der Waals surface area contributed by atoms with Crippen molar-refractivity contribution in [2.45, 2.75) is 24.3 Å². The molecule has 1 amide bonds. The number of rotatable bonds is 11. The average molecular weight is 543 g/mol. The minimum absolute atomic E-state index is 0.00518. The highest BCUT2D eigenvalue weighted by Gasteiger charge is 2.28. The Bertz CT molecular complexity index is 1410. The molecule has 0 saturated heterocycles. The average Bonchev–Trinajstić information content (AvgIpc) is 2.92. The van der Waals surface area contributed by atoms with Crippen molar-refractivity contribution in [3.05, 3.63) is 77.4 Å². The summed E-state index contributed by atoms with van der Waals surface area (Å²) < 4.78 is 49.7. The molecule has 1 atom stereocenters. The number of hydrogen-bond donors (Lipinski definition) is 2. The molecule has 38 heavy (non-hydrogen) atoms. The van der Waals surface area contributed by atoms with Crippen molar-refractivity contribution in [1.29, 1.82) is 0 Å². The van der Waals surface area contributed by atoms with Crippen LogP contribution in [0.15, 0.2) is 65.6 Å². The minimum Gasteiger partial charge on any atom is -0.496 e. The van der Waals surface area contributed by atoms with Gasteiger partial charge in [-0.1, -0.05) is 30.3 Å². The van der Waals surface area contributed by atoms with Gasteiger partial charge in [0.25, 0.3) is 0 Å². The lowest BCUT2D eigenvalue weighted by Gasteiger charge is -2.21. The molecule has 0 bridgehead atoms. The summed E-state index contributed by atoms with van der Waals surface area (Å²) in [4.78, 5) is 26.0. The fraction of sp³-hybridized carbons (Fsp3) is 0.259. The number of carbonyl (C=O) groups excluding carboxylic acids is 2. The summed E-state index contributed by atoms with van der Waals surface area (Å²) in [7, 11) is 1.38. The van der Waals surface area contributed by atoms with Gasteiger partial charge < -0.3 is 24.3 Å². The van der Waals surface area contributed by atoms with Gasteiger partial charge in [-0.05, 0) is 42.7 Å². The number of nitrogens with one attached hydrogen (secondary N) is 2. The van der Waals surface area contributed by atoms with Crippen LogP contribution >= 0.6 is 0 Å². The zero-order valence-electron chi connectivity index (χ0n) is 21.7. The molecule has 0 saturated carbocycles. The number of sulfonamides is 1. The van der Waals surface area contributed by atoms with Crippen molar-refractivity contribution in [2.24, 2.45) is 0 Å². The summed E-state index contributed by atoms with van der Waals surface area (Å²) in [6.07, 6.45) is 0.0435. The highest BCUT2D eigenvalue weighted by atomic mass is 32.2. The summed E-state index contributed by atoms with van der Waals surface area (Å²) in [6, 6.07) is 14.9. The number of aryl methyl sites for hydroxylation is 1. The van der Waals surface area contributed by atoms with E-state index in [4.69, 9.17) is 18.9 Å². The van der Waals surface area contributed by atoms with Gasteiger partial charge in [0.1, 0.15) is 11.8 Å². The second kappa shape index (κ2) is 12.4. The molecule has 3 aromatic rings. The fourth-order valence-corrected chi connectivity index (χ4v) is 5.07. The molecule has 11 heteroatoms. The van der Waals surface area contributed by atoms with E-state index in [0.717, 1.165) is 5.56 Å². The maximum absolute atomic E-state index is 13.5. The van der Waals surface area contributed by atoms with E-state index in [1.165, 1.54) is 52.7 Å². The van der Waals surface area contributed by atoms with Gasteiger partial charge in [-0.2, -0.15) is 4.72 Å². The van der Waals surface area contributed by atoms with E-state index in [2.05, 4.69) is 10.0 Å². The number of amides is 1. The maximum Gasteiger partial charge on any atom is 0.340 e. The summed E-state index contributed by atoms with van der Waals surface area (Å²) in [5.74, 6) is -0.381. The Labute approximate surface area is 221 Å². The van der Waals surface area contributed by atoms with E-state index >= 15 is 0 Å². The molecule has 0 aromatic heterocycles. The zero-order chi connectivity index (χ0) is 27.9. The minimum atomic E-state index is -4.12. The molecule has 3 aromatic carbocycles. The molecule has 3 rings (SSSR count). The molecule has 0 heterocycles. The number of carbonyl (C=O) groups is 2. The molecule has 0 spiro atoms. The third-order valence-corrected chi connectivity index (χ3v) is 7.23. The molecule has 10 nitrogen and oxygen atoms in total. The van der Waals surface area contributed by atoms with Crippen LogP contribution < -0.4 is 24.2 Å². The Hall–Kier alpha value is -4.09. The first-order chi connectivity index (χ1) is 18.1. The Morgan fingerprint density at radius 1 is 0.842 bits per heavy atom. The van der Waals surface area contributed by atoms with E-state index < -0.39 is 27.9 Å². The van der Waals surface area contributed by atoms with Gasteiger partial charge in [-0.25, -0.2) is 13.2 Å². The third-order valence-electron chi connectivity index (χ3n) is 5.76. The van der Waals surface area contributed by atoms with Crippen LogP contribution in [0.25, 0.3) is 0 Å². The number of esters is 1. The monoisotopic (exact) mass is 542 g/mol. The normalized spacial score (nSPS) is 11.8. The SMILES string of the molecule is COC(=O)c1cc(OC)c(OC)cc1NC(=O)[C@H](Cc1ccccc1)NS(=O)(=O)c1ccc(OC)c(C)c1. The van der Waals surface area contributed by atoms with Crippen molar-refractivity contribution in [2.75, 3.05) is 33.8 Å². The highest BCUT2D eigenvalue weighted by Crippen LogP contribution is 2.34. The summed E-state index contributed by atoms with van der Waals surface area (Å²) in [5, 5.41) is 2.65. The predicted molar refractivity (Wildman–Crippen MR) is 142 cm³/mol. The number of methoxy groups -OCH3 is 4. The van der Waals surface area contributed by atoms with E-state index in [9.17, 15) is 18.0 Å². The predicted octanol–water partition coefficient (Wildman–Crippen LogP) is 3.34. The lowest BCUT2D eigenvalue weighted by Crippen LogP contribution is -2.45. The van der Waals surface area contributed by atoms with Gasteiger partial charge in [-0.3, -0.25) is 4.79 Å². The Morgan fingerprint density at radius 3 is 2.05 bits per heavy atom. The van der Waals surface area contributed by atoms with Gasteiger partial charge >= 0.3 is 5.97 Å². The second-order valence-electron chi connectivity index (χ2n) is 8.23. The van der Waals surface area contributed by atoms with Crippen LogP contribution in [0.4, 0.5) is 5.69 Å². The fourth-order valence-electron chi connectivity index (χ4n) is 3.79. The van der Waals surface area contributed by atoms with Crippen LogP contribution in [0, 0.1) is 6.92 Å². The molecular formula is C27H30N2O8S. The Balaban J connectivity index is 2.00. The molecular weight excluding hydrogens is 512 g/mol. The van der Waals surface area contributed by atoms with Gasteiger partial charge in [0.2, 0.25) is 15.9 Å². The van der Waals surface area contributed by atoms with Crippen LogP contribution in [0.5, 0.6) is 17.2 Å². The van der Waals surface area contributed by atoms with E-state index in [1.54, 1.807) is 37.3 Å². The first-order valence-corrected chi connectivity index (χ1v) is 13.0. The summed E-state index contributed by atoms with van der Waals surface area (Å²) in [6.45, 7) is 1.72. The third kappa shape index (κ3) is 6.61. The maximum atomic E-state index is 13.5. The molecule has 0 aliphatic heterocycles. The van der Waals surface area contributed by atoms with E-state index in [0.29, 0.717) is 11.3 Å². The smallest absolute Gasteiger partial charge is 0.340 e. The summed E-state index contributed by atoms with van der Waals surface area (Å²) >= 11 is 0. The molecule has 0 aliphatic rings. The molecule has 0 radical (unpaired) electrons. The van der Waals surface area contributed by atoms with Crippen LogP contribution in [-0.2, 0) is 26.0 Å². The van der Waals surface area contributed by atoms with Gasteiger partial charge in [-0.15, -0.1) is 0 Å². The standard InChI is InChI=1S/C27H30N2O8S/c1-17-13-19(11-12-23(17)34-2)38(32,33)29-22(14-18-9-7-6-8-10-18)26(30)28-21-16-25(36-4)24(35-3)15-20(21)27(31)37-5/h6-13,15-16,22,29H,14H2,1-5H3,(H,28,30)/t22-/m0/s1. The number of hydrogen-bond acceptors (Lipinski definition) is 8.